The summed E-state index contributed by atoms with van der Waals surface area (Å²) in [5, 5.41) is 6.86. The smallest absolute Gasteiger partial charge is 0.340 e. The fourth-order valence-corrected chi connectivity index (χ4v) is 3.03. The van der Waals surface area contributed by atoms with Crippen molar-refractivity contribution in [1.82, 2.24) is 24.6 Å². The quantitative estimate of drug-likeness (QED) is 0.880. The molecule has 0 bridgehead atoms. The Bertz CT molecular complexity index is 716. The van der Waals surface area contributed by atoms with E-state index in [9.17, 15) is 9.59 Å². The molecule has 1 aliphatic rings. The number of likely N-dealkylation sites (tertiary alicyclic amines) is 1. The Labute approximate surface area is 125 Å². The zero-order chi connectivity index (χ0) is 15.0. The number of carbonyl (C=O) groups excluding carboxylic acids is 1. The van der Waals surface area contributed by atoms with Crippen molar-refractivity contribution in [2.24, 2.45) is 7.05 Å². The first-order valence-electron chi connectivity index (χ1n) is 6.83. The van der Waals surface area contributed by atoms with Gasteiger partial charge in [-0.1, -0.05) is 11.6 Å². The van der Waals surface area contributed by atoms with Crippen LogP contribution in [0.1, 0.15) is 41.6 Å². The van der Waals surface area contributed by atoms with Crippen molar-refractivity contribution in [2.75, 3.05) is 6.54 Å². The molecule has 1 aliphatic heterocycles. The number of hydrogen-bond acceptors (Lipinski definition) is 3. The number of aryl methyl sites for hydroxylation is 1. The molecule has 1 amide bonds. The van der Waals surface area contributed by atoms with Crippen LogP contribution in [0.15, 0.2) is 17.1 Å². The maximum Gasteiger partial charge on any atom is 0.340 e. The van der Waals surface area contributed by atoms with E-state index in [2.05, 4.69) is 15.2 Å². The maximum atomic E-state index is 12.7. The molecule has 2 aromatic heterocycles. The van der Waals surface area contributed by atoms with E-state index in [1.807, 2.05) is 0 Å². The highest BCUT2D eigenvalue weighted by atomic mass is 35.5. The van der Waals surface area contributed by atoms with Crippen LogP contribution >= 0.6 is 11.6 Å². The van der Waals surface area contributed by atoms with Crippen LogP contribution in [0.3, 0.4) is 0 Å². The van der Waals surface area contributed by atoms with Crippen LogP contribution in [0.4, 0.5) is 0 Å². The summed E-state index contributed by atoms with van der Waals surface area (Å²) >= 11 is 5.95. The molecule has 7 nitrogen and oxygen atoms in total. The third-order valence-electron chi connectivity index (χ3n) is 3.79. The molecule has 3 rings (SSSR count). The van der Waals surface area contributed by atoms with Crippen molar-refractivity contribution < 1.29 is 4.79 Å². The second-order valence-corrected chi connectivity index (χ2v) is 5.66. The van der Waals surface area contributed by atoms with Crippen molar-refractivity contribution in [2.45, 2.75) is 25.3 Å². The van der Waals surface area contributed by atoms with Crippen LogP contribution in [-0.4, -0.2) is 37.1 Å². The van der Waals surface area contributed by atoms with Crippen molar-refractivity contribution in [3.8, 4) is 0 Å². The topological polar surface area (TPSA) is 86.8 Å². The van der Waals surface area contributed by atoms with Crippen molar-refractivity contribution >= 4 is 17.5 Å². The lowest BCUT2D eigenvalue weighted by Crippen LogP contribution is -2.39. The summed E-state index contributed by atoms with van der Waals surface area (Å²) in [6.45, 7) is 0.640. The fourth-order valence-electron chi connectivity index (χ4n) is 2.78. The van der Waals surface area contributed by atoms with Gasteiger partial charge in [-0.2, -0.15) is 5.10 Å². The molecule has 2 N–H and O–H groups in total. The predicted molar refractivity (Wildman–Crippen MR) is 77.3 cm³/mol. The van der Waals surface area contributed by atoms with Gasteiger partial charge in [-0.25, -0.2) is 9.89 Å². The lowest BCUT2D eigenvalue weighted by Gasteiger charge is -2.34. The Morgan fingerprint density at radius 1 is 1.48 bits per heavy atom. The van der Waals surface area contributed by atoms with Crippen molar-refractivity contribution in [3.63, 3.8) is 0 Å². The number of nitrogens with one attached hydrogen (secondary N) is 2. The molecule has 1 saturated heterocycles. The van der Waals surface area contributed by atoms with Crippen LogP contribution in [0.5, 0.6) is 0 Å². The average molecular weight is 310 g/mol. The summed E-state index contributed by atoms with van der Waals surface area (Å²) in [5.74, 6) is 0.409. The predicted octanol–water partition coefficient (Wildman–Crippen LogP) is 1.46. The van der Waals surface area contributed by atoms with Gasteiger partial charge in [0.25, 0.3) is 5.91 Å². The third kappa shape index (κ3) is 2.61. The maximum absolute atomic E-state index is 12.7. The highest BCUT2D eigenvalue weighted by Crippen LogP contribution is 2.30. The Hall–Kier alpha value is -2.02. The zero-order valence-corrected chi connectivity index (χ0v) is 12.4. The Morgan fingerprint density at radius 2 is 2.29 bits per heavy atom. The lowest BCUT2D eigenvalue weighted by atomic mass is 10.0. The Balaban J connectivity index is 1.92. The number of rotatable bonds is 2. The number of aromatic nitrogens is 4. The normalized spacial score (nSPS) is 19.0. The molecule has 1 fully saturated rings. The number of halogens is 1. The molecule has 112 valence electrons. The van der Waals surface area contributed by atoms with Gasteiger partial charge in [-0.05, 0) is 25.3 Å². The van der Waals surface area contributed by atoms with Crippen molar-refractivity contribution in [1.29, 1.82) is 0 Å². The van der Waals surface area contributed by atoms with Crippen LogP contribution in [0.2, 0.25) is 5.02 Å². The number of hydrogen-bond donors (Lipinski definition) is 2. The number of amides is 1. The highest BCUT2D eigenvalue weighted by Gasteiger charge is 2.31. The van der Waals surface area contributed by atoms with E-state index in [0.29, 0.717) is 23.1 Å². The van der Waals surface area contributed by atoms with Gasteiger partial charge >= 0.3 is 5.69 Å². The molecular formula is C13H16ClN5O2. The summed E-state index contributed by atoms with van der Waals surface area (Å²) in [4.78, 5) is 28.4. The molecule has 2 aromatic rings. The molecular weight excluding hydrogens is 294 g/mol. The largest absolute Gasteiger partial charge is 0.345 e. The first-order chi connectivity index (χ1) is 10.1. The number of H-pyrrole nitrogens is 2. The van der Waals surface area contributed by atoms with E-state index in [0.717, 1.165) is 19.3 Å². The number of piperidine rings is 1. The van der Waals surface area contributed by atoms with E-state index >= 15 is 0 Å². The second-order valence-electron chi connectivity index (χ2n) is 5.23. The van der Waals surface area contributed by atoms with Gasteiger partial charge in [0, 0.05) is 19.8 Å². The van der Waals surface area contributed by atoms with Crippen LogP contribution < -0.4 is 5.69 Å². The molecule has 0 spiro atoms. The second kappa shape index (κ2) is 5.40. The number of carbonyl (C=O) groups is 1. The summed E-state index contributed by atoms with van der Waals surface area (Å²) in [5.41, 5.74) is 0.176. The van der Waals surface area contributed by atoms with Gasteiger partial charge in [0.15, 0.2) is 5.82 Å². The first-order valence-corrected chi connectivity index (χ1v) is 7.21. The zero-order valence-electron chi connectivity index (χ0n) is 11.6. The van der Waals surface area contributed by atoms with E-state index in [1.54, 1.807) is 28.8 Å². The Morgan fingerprint density at radius 3 is 2.90 bits per heavy atom. The monoisotopic (exact) mass is 309 g/mol. The summed E-state index contributed by atoms with van der Waals surface area (Å²) in [7, 11) is 1.79. The van der Waals surface area contributed by atoms with E-state index < -0.39 is 0 Å². The van der Waals surface area contributed by atoms with Gasteiger partial charge in [0.2, 0.25) is 0 Å². The minimum Gasteiger partial charge on any atom is -0.345 e. The fraction of sp³-hybridized carbons (Fsp3) is 0.462. The average Bonchev–Trinajstić information content (AvgIpc) is 3.04. The molecule has 0 aromatic carbocycles. The van der Waals surface area contributed by atoms with Crippen LogP contribution in [-0.2, 0) is 7.05 Å². The van der Waals surface area contributed by atoms with E-state index in [4.69, 9.17) is 11.6 Å². The van der Waals surface area contributed by atoms with Gasteiger partial charge in [-0.15, -0.1) is 0 Å². The number of aromatic amines is 2. The highest BCUT2D eigenvalue weighted by molar-refractivity contribution is 6.31. The Kier molecular flexibility index (Phi) is 3.59. The summed E-state index contributed by atoms with van der Waals surface area (Å²) < 4.78 is 1.71. The van der Waals surface area contributed by atoms with Gasteiger partial charge < -0.3 is 9.47 Å². The van der Waals surface area contributed by atoms with Gasteiger partial charge in [-0.3, -0.25) is 9.78 Å². The standard InChI is InChI=1S/C13H16ClN5O2/c1-18-7-8(14)6-10(18)12(20)19-5-3-2-4-9(19)11-15-13(21)17-16-11/h6-7,9H,2-5H2,1H3,(H2,15,16,17,21)/t9-/m1/s1. The molecule has 1 atom stereocenters. The minimum atomic E-state index is -0.357. The molecule has 0 radical (unpaired) electrons. The minimum absolute atomic E-state index is 0.0991. The lowest BCUT2D eigenvalue weighted by molar-refractivity contribution is 0.0590. The summed E-state index contributed by atoms with van der Waals surface area (Å²) in [6, 6.07) is 1.45. The molecule has 0 aliphatic carbocycles. The number of nitrogens with zero attached hydrogens (tertiary/aromatic N) is 3. The van der Waals surface area contributed by atoms with Gasteiger partial charge in [0.1, 0.15) is 5.69 Å². The van der Waals surface area contributed by atoms with Crippen molar-refractivity contribution in [3.05, 3.63) is 39.3 Å². The third-order valence-corrected chi connectivity index (χ3v) is 4.00. The SMILES string of the molecule is Cn1cc(Cl)cc1C(=O)N1CCCC[C@@H]1c1n[nH]c(=O)[nH]1. The molecule has 0 unspecified atom stereocenters. The molecule has 8 heteroatoms. The van der Waals surface area contributed by atoms with E-state index in [1.165, 1.54) is 0 Å². The van der Waals surface area contributed by atoms with Gasteiger partial charge in [0.05, 0.1) is 11.1 Å². The van der Waals surface area contributed by atoms with Crippen LogP contribution in [0, 0.1) is 0 Å². The summed E-state index contributed by atoms with van der Waals surface area (Å²) in [6.07, 6.45) is 4.42. The van der Waals surface area contributed by atoms with E-state index in [-0.39, 0.29) is 17.6 Å². The molecule has 21 heavy (non-hydrogen) atoms. The molecule has 0 saturated carbocycles. The molecule has 3 heterocycles. The van der Waals surface area contributed by atoms with Crippen LogP contribution in [0.25, 0.3) is 0 Å². The first kappa shape index (κ1) is 13.9.